The minimum atomic E-state index is -1.04. The lowest BCUT2D eigenvalue weighted by molar-refractivity contribution is 0.0691. The minimum absolute atomic E-state index is 0.0470. The lowest BCUT2D eigenvalue weighted by Crippen LogP contribution is -2.05. The van der Waals surface area contributed by atoms with Gasteiger partial charge in [-0.2, -0.15) is 5.10 Å². The van der Waals surface area contributed by atoms with E-state index >= 15 is 0 Å². The highest BCUT2D eigenvalue weighted by atomic mass is 35.5. The fourth-order valence-corrected chi connectivity index (χ4v) is 2.28. The maximum absolute atomic E-state index is 11.2. The van der Waals surface area contributed by atoms with Crippen LogP contribution in [0, 0.1) is 0 Å². The number of nitrogens with zero attached hydrogens (tertiary/aromatic N) is 3. The third-order valence-corrected chi connectivity index (χ3v) is 3.38. The number of pyridine rings is 1. The number of aromatic nitrogens is 3. The molecule has 2 aromatic heterocycles. The summed E-state index contributed by atoms with van der Waals surface area (Å²) in [6, 6.07) is 9.01. The van der Waals surface area contributed by atoms with Crippen molar-refractivity contribution >= 4 is 28.5 Å². The highest BCUT2D eigenvalue weighted by Gasteiger charge is 2.16. The van der Waals surface area contributed by atoms with Crippen LogP contribution in [-0.4, -0.2) is 25.8 Å². The molecule has 0 aliphatic carbocycles. The monoisotopic (exact) mass is 287 g/mol. The Morgan fingerprint density at radius 1 is 1.30 bits per heavy atom. The van der Waals surface area contributed by atoms with Crippen molar-refractivity contribution in [2.24, 2.45) is 0 Å². The molecule has 0 aliphatic heterocycles. The molecule has 3 aromatic rings. The molecule has 20 heavy (non-hydrogen) atoms. The number of rotatable bonds is 3. The van der Waals surface area contributed by atoms with Crippen molar-refractivity contribution in [3.63, 3.8) is 0 Å². The van der Waals surface area contributed by atoms with Gasteiger partial charge >= 0.3 is 5.97 Å². The molecule has 0 radical (unpaired) electrons. The van der Waals surface area contributed by atoms with Crippen LogP contribution in [-0.2, 0) is 6.54 Å². The molecule has 0 bridgehead atoms. The van der Waals surface area contributed by atoms with Crippen LogP contribution >= 0.6 is 11.6 Å². The molecule has 0 aliphatic rings. The van der Waals surface area contributed by atoms with Crippen LogP contribution in [0.3, 0.4) is 0 Å². The van der Waals surface area contributed by atoms with Crippen molar-refractivity contribution in [3.05, 3.63) is 59.0 Å². The quantitative estimate of drug-likeness (QED) is 0.804. The molecule has 3 rings (SSSR count). The molecular formula is C14H10ClN3O2. The molecule has 0 saturated carbocycles. The highest BCUT2D eigenvalue weighted by Crippen LogP contribution is 2.21. The fraction of sp³-hybridized carbons (Fsp3) is 0.0714. The molecule has 100 valence electrons. The highest BCUT2D eigenvalue weighted by molar-refractivity contribution is 6.31. The van der Waals surface area contributed by atoms with E-state index in [0.717, 1.165) is 11.1 Å². The van der Waals surface area contributed by atoms with E-state index in [4.69, 9.17) is 11.6 Å². The van der Waals surface area contributed by atoms with Gasteiger partial charge in [0.1, 0.15) is 0 Å². The molecule has 6 heteroatoms. The Morgan fingerprint density at radius 2 is 2.10 bits per heavy atom. The zero-order chi connectivity index (χ0) is 14.1. The van der Waals surface area contributed by atoms with Crippen molar-refractivity contribution in [1.82, 2.24) is 14.8 Å². The Bertz CT molecular complexity index is 798. The molecule has 5 nitrogen and oxygen atoms in total. The van der Waals surface area contributed by atoms with Gasteiger partial charge in [-0.1, -0.05) is 29.8 Å². The summed E-state index contributed by atoms with van der Waals surface area (Å²) in [4.78, 5) is 15.2. The first-order valence-electron chi connectivity index (χ1n) is 5.94. The number of carbonyl (C=O) groups is 1. The predicted molar refractivity (Wildman–Crippen MR) is 75.0 cm³/mol. The molecular weight excluding hydrogens is 278 g/mol. The van der Waals surface area contributed by atoms with Gasteiger partial charge in [0, 0.05) is 17.8 Å². The number of para-hydroxylation sites is 1. The molecule has 1 N–H and O–H groups in total. The van der Waals surface area contributed by atoms with E-state index < -0.39 is 5.97 Å². The summed E-state index contributed by atoms with van der Waals surface area (Å²) in [5, 5.41) is 14.5. The van der Waals surface area contributed by atoms with Gasteiger partial charge in [0.2, 0.25) is 0 Å². The first-order chi connectivity index (χ1) is 9.66. The van der Waals surface area contributed by atoms with Gasteiger partial charge in [0.25, 0.3) is 0 Å². The SMILES string of the molecule is O=C(O)c1nn(Cc2ccncc2Cl)c2ccccc12. The number of hydrogen-bond acceptors (Lipinski definition) is 3. The molecule has 0 amide bonds. The second-order valence-corrected chi connectivity index (χ2v) is 4.70. The third kappa shape index (κ3) is 2.12. The Balaban J connectivity index is 2.13. The molecule has 2 heterocycles. The Labute approximate surface area is 119 Å². The second-order valence-electron chi connectivity index (χ2n) is 4.30. The van der Waals surface area contributed by atoms with E-state index in [1.807, 2.05) is 12.1 Å². The number of carboxylic acids is 1. The Kier molecular flexibility index (Phi) is 3.12. The van der Waals surface area contributed by atoms with Crippen molar-refractivity contribution < 1.29 is 9.90 Å². The lowest BCUT2D eigenvalue weighted by Gasteiger charge is -2.05. The normalized spacial score (nSPS) is 10.8. The number of hydrogen-bond donors (Lipinski definition) is 1. The van der Waals surface area contributed by atoms with Crippen LogP contribution in [0.15, 0.2) is 42.7 Å². The maximum Gasteiger partial charge on any atom is 0.357 e. The fourth-order valence-electron chi connectivity index (χ4n) is 2.10. The molecule has 0 saturated heterocycles. The number of aromatic carboxylic acids is 1. The zero-order valence-corrected chi connectivity index (χ0v) is 11.1. The van der Waals surface area contributed by atoms with Crippen molar-refractivity contribution in [3.8, 4) is 0 Å². The molecule has 0 fully saturated rings. The maximum atomic E-state index is 11.2. The molecule has 1 aromatic carbocycles. The topological polar surface area (TPSA) is 68.0 Å². The average Bonchev–Trinajstić information content (AvgIpc) is 2.81. The largest absolute Gasteiger partial charge is 0.476 e. The van der Waals surface area contributed by atoms with Crippen LogP contribution in [0.5, 0.6) is 0 Å². The van der Waals surface area contributed by atoms with Crippen LogP contribution in [0.25, 0.3) is 10.9 Å². The van der Waals surface area contributed by atoms with Gasteiger partial charge in [-0.05, 0) is 17.7 Å². The van der Waals surface area contributed by atoms with Crippen LogP contribution in [0.4, 0.5) is 0 Å². The summed E-state index contributed by atoms with van der Waals surface area (Å²) < 4.78 is 1.64. The van der Waals surface area contributed by atoms with Crippen LogP contribution < -0.4 is 0 Å². The summed E-state index contributed by atoms with van der Waals surface area (Å²) in [6.45, 7) is 0.398. The Hall–Kier alpha value is -2.40. The van der Waals surface area contributed by atoms with Crippen molar-refractivity contribution in [2.75, 3.05) is 0 Å². The first kappa shape index (κ1) is 12.6. The molecule has 0 unspecified atom stereocenters. The third-order valence-electron chi connectivity index (χ3n) is 3.04. The molecule has 0 spiro atoms. The minimum Gasteiger partial charge on any atom is -0.476 e. The standard InChI is InChI=1S/C14H10ClN3O2/c15-11-7-16-6-5-9(11)8-18-12-4-2-1-3-10(12)13(17-18)14(19)20/h1-7H,8H2,(H,19,20). The van der Waals surface area contributed by atoms with E-state index in [2.05, 4.69) is 10.1 Å². The van der Waals surface area contributed by atoms with Gasteiger partial charge in [0.05, 0.1) is 17.1 Å². The summed E-state index contributed by atoms with van der Waals surface area (Å²) in [5.74, 6) is -1.04. The average molecular weight is 288 g/mol. The number of benzene rings is 1. The predicted octanol–water partition coefficient (Wildman–Crippen LogP) is 2.83. The van der Waals surface area contributed by atoms with Gasteiger partial charge in [-0.25, -0.2) is 4.79 Å². The van der Waals surface area contributed by atoms with E-state index in [1.165, 1.54) is 0 Å². The van der Waals surface area contributed by atoms with Crippen molar-refractivity contribution in [2.45, 2.75) is 6.54 Å². The first-order valence-corrected chi connectivity index (χ1v) is 6.32. The van der Waals surface area contributed by atoms with Gasteiger partial charge in [-0.15, -0.1) is 0 Å². The van der Waals surface area contributed by atoms with E-state index in [-0.39, 0.29) is 5.69 Å². The van der Waals surface area contributed by atoms with Crippen molar-refractivity contribution in [1.29, 1.82) is 0 Å². The molecule has 0 atom stereocenters. The number of halogens is 1. The summed E-state index contributed by atoms with van der Waals surface area (Å²) in [6.07, 6.45) is 3.20. The van der Waals surface area contributed by atoms with Gasteiger partial charge in [-0.3, -0.25) is 9.67 Å². The van der Waals surface area contributed by atoms with Crippen LogP contribution in [0.2, 0.25) is 5.02 Å². The number of carboxylic acid groups (broad SMARTS) is 1. The number of fused-ring (bicyclic) bond motifs is 1. The van der Waals surface area contributed by atoms with Gasteiger partial charge in [0.15, 0.2) is 5.69 Å². The van der Waals surface area contributed by atoms with E-state index in [9.17, 15) is 9.90 Å². The summed E-state index contributed by atoms with van der Waals surface area (Å²) in [5.41, 5.74) is 1.65. The Morgan fingerprint density at radius 3 is 2.85 bits per heavy atom. The zero-order valence-electron chi connectivity index (χ0n) is 10.3. The van der Waals surface area contributed by atoms with E-state index in [1.54, 1.807) is 35.3 Å². The smallest absolute Gasteiger partial charge is 0.357 e. The van der Waals surface area contributed by atoms with Gasteiger partial charge < -0.3 is 5.11 Å². The van der Waals surface area contributed by atoms with E-state index in [0.29, 0.717) is 17.0 Å². The second kappa shape index (κ2) is 4.94. The summed E-state index contributed by atoms with van der Waals surface area (Å²) >= 11 is 6.07. The summed E-state index contributed by atoms with van der Waals surface area (Å²) in [7, 11) is 0. The van der Waals surface area contributed by atoms with Crippen LogP contribution in [0.1, 0.15) is 16.1 Å². The lowest BCUT2D eigenvalue weighted by atomic mass is 10.2.